The predicted molar refractivity (Wildman–Crippen MR) is 104 cm³/mol. The van der Waals surface area contributed by atoms with Gasteiger partial charge in [0.15, 0.2) is 0 Å². The number of aryl methyl sites for hydroxylation is 1. The molecule has 2 aromatic heterocycles. The standard InChI is InChI=1S/C21H22N2O2S/c1-14-11-12-15(25-14)13-23(2)21(24)17-8-4-3-7-16(17)20-22-18-9-5-6-10-19(18)26-20/h3-6,9-12,16-17H,7-8,13H2,1-2H3. The second kappa shape index (κ2) is 7.08. The Morgan fingerprint density at radius 1 is 1.23 bits per heavy atom. The Kier molecular flexibility index (Phi) is 4.64. The van der Waals surface area contributed by atoms with E-state index in [2.05, 4.69) is 18.2 Å². The first kappa shape index (κ1) is 17.0. The second-order valence-electron chi connectivity index (χ2n) is 6.88. The highest BCUT2D eigenvalue weighted by Crippen LogP contribution is 2.39. The van der Waals surface area contributed by atoms with E-state index in [1.54, 1.807) is 16.2 Å². The topological polar surface area (TPSA) is 46.3 Å². The minimum absolute atomic E-state index is 0.0679. The van der Waals surface area contributed by atoms with E-state index in [4.69, 9.17) is 9.40 Å². The molecule has 0 spiro atoms. The summed E-state index contributed by atoms with van der Waals surface area (Å²) >= 11 is 1.71. The van der Waals surface area contributed by atoms with Gasteiger partial charge in [0.2, 0.25) is 5.91 Å². The van der Waals surface area contributed by atoms with Gasteiger partial charge in [-0.05, 0) is 44.0 Å². The van der Waals surface area contributed by atoms with Crippen LogP contribution in [0.5, 0.6) is 0 Å². The lowest BCUT2D eigenvalue weighted by molar-refractivity contribution is -0.135. The molecule has 4 nitrogen and oxygen atoms in total. The Labute approximate surface area is 157 Å². The first-order valence-electron chi connectivity index (χ1n) is 8.92. The molecule has 2 atom stereocenters. The molecule has 2 heterocycles. The average molecular weight is 366 g/mol. The Morgan fingerprint density at radius 2 is 2.04 bits per heavy atom. The van der Waals surface area contributed by atoms with Gasteiger partial charge in [0.25, 0.3) is 0 Å². The van der Waals surface area contributed by atoms with E-state index in [-0.39, 0.29) is 17.7 Å². The SMILES string of the molecule is Cc1ccc(CN(C)C(=O)C2CC=CCC2c2nc3ccccc3s2)o1. The summed E-state index contributed by atoms with van der Waals surface area (Å²) in [4.78, 5) is 19.7. The van der Waals surface area contributed by atoms with Crippen molar-refractivity contribution in [2.24, 2.45) is 5.92 Å². The number of carbonyl (C=O) groups excluding carboxylic acids is 1. The number of hydrogen-bond acceptors (Lipinski definition) is 4. The van der Waals surface area contributed by atoms with Crippen LogP contribution in [-0.2, 0) is 11.3 Å². The molecule has 0 radical (unpaired) electrons. The minimum atomic E-state index is -0.0679. The van der Waals surface area contributed by atoms with Crippen LogP contribution in [-0.4, -0.2) is 22.8 Å². The summed E-state index contributed by atoms with van der Waals surface area (Å²) < 4.78 is 6.81. The maximum Gasteiger partial charge on any atom is 0.226 e. The van der Waals surface area contributed by atoms with E-state index < -0.39 is 0 Å². The number of furan rings is 1. The van der Waals surface area contributed by atoms with Crippen molar-refractivity contribution in [1.29, 1.82) is 0 Å². The Balaban J connectivity index is 1.56. The number of fused-ring (bicyclic) bond motifs is 1. The molecule has 1 aliphatic rings. The molecule has 26 heavy (non-hydrogen) atoms. The van der Waals surface area contributed by atoms with E-state index in [0.29, 0.717) is 6.54 Å². The van der Waals surface area contributed by atoms with E-state index in [9.17, 15) is 4.79 Å². The summed E-state index contributed by atoms with van der Waals surface area (Å²) in [6.45, 7) is 2.42. The molecule has 0 fully saturated rings. The molecule has 0 N–H and O–H groups in total. The molecule has 1 aliphatic carbocycles. The molecule has 1 amide bonds. The monoisotopic (exact) mass is 366 g/mol. The van der Waals surface area contributed by atoms with Crippen molar-refractivity contribution in [2.75, 3.05) is 7.05 Å². The number of para-hydroxylation sites is 1. The van der Waals surface area contributed by atoms with Gasteiger partial charge in [0.1, 0.15) is 11.5 Å². The molecule has 134 valence electrons. The highest BCUT2D eigenvalue weighted by atomic mass is 32.1. The number of rotatable bonds is 4. The predicted octanol–water partition coefficient (Wildman–Crippen LogP) is 4.91. The zero-order valence-corrected chi connectivity index (χ0v) is 15.8. The van der Waals surface area contributed by atoms with Gasteiger partial charge in [-0.25, -0.2) is 4.98 Å². The smallest absolute Gasteiger partial charge is 0.226 e. The van der Waals surface area contributed by atoms with Crippen molar-refractivity contribution in [1.82, 2.24) is 9.88 Å². The van der Waals surface area contributed by atoms with Crippen molar-refractivity contribution in [3.63, 3.8) is 0 Å². The van der Waals surface area contributed by atoms with Crippen molar-refractivity contribution in [2.45, 2.75) is 32.2 Å². The lowest BCUT2D eigenvalue weighted by atomic mass is 9.82. The van der Waals surface area contributed by atoms with E-state index in [1.807, 2.05) is 44.3 Å². The van der Waals surface area contributed by atoms with Crippen LogP contribution in [0, 0.1) is 12.8 Å². The van der Waals surface area contributed by atoms with Crippen molar-refractivity contribution in [3.05, 3.63) is 65.1 Å². The van der Waals surface area contributed by atoms with Gasteiger partial charge in [-0.15, -0.1) is 11.3 Å². The number of allylic oxidation sites excluding steroid dienone is 2. The summed E-state index contributed by atoms with van der Waals surface area (Å²) in [5.74, 6) is 1.93. The van der Waals surface area contributed by atoms with Gasteiger partial charge < -0.3 is 9.32 Å². The van der Waals surface area contributed by atoms with Crippen LogP contribution in [0.2, 0.25) is 0 Å². The third-order valence-electron chi connectivity index (χ3n) is 4.94. The third kappa shape index (κ3) is 3.31. The van der Waals surface area contributed by atoms with Crippen LogP contribution in [0.3, 0.4) is 0 Å². The molecule has 0 aliphatic heterocycles. The fourth-order valence-electron chi connectivity index (χ4n) is 3.57. The van der Waals surface area contributed by atoms with Crippen molar-refractivity contribution < 1.29 is 9.21 Å². The number of thiazole rings is 1. The molecule has 4 rings (SSSR count). The number of carbonyl (C=O) groups is 1. The molecule has 5 heteroatoms. The minimum Gasteiger partial charge on any atom is -0.464 e. The fraction of sp³-hybridized carbons (Fsp3) is 0.333. The highest BCUT2D eigenvalue weighted by Gasteiger charge is 2.34. The molecule has 3 aromatic rings. The summed E-state index contributed by atoms with van der Waals surface area (Å²) in [6, 6.07) is 12.0. The molecular weight excluding hydrogens is 344 g/mol. The highest BCUT2D eigenvalue weighted by molar-refractivity contribution is 7.18. The van der Waals surface area contributed by atoms with Crippen LogP contribution in [0.25, 0.3) is 10.2 Å². The summed E-state index contributed by atoms with van der Waals surface area (Å²) in [5, 5.41) is 1.07. The average Bonchev–Trinajstić information content (AvgIpc) is 3.26. The number of amides is 1. The lowest BCUT2D eigenvalue weighted by Gasteiger charge is -2.29. The van der Waals surface area contributed by atoms with Crippen molar-refractivity contribution in [3.8, 4) is 0 Å². The largest absolute Gasteiger partial charge is 0.464 e. The molecule has 2 unspecified atom stereocenters. The number of nitrogens with zero attached hydrogens (tertiary/aromatic N) is 2. The van der Waals surface area contributed by atoms with Gasteiger partial charge >= 0.3 is 0 Å². The number of benzene rings is 1. The maximum absolute atomic E-state index is 13.1. The zero-order chi connectivity index (χ0) is 18.1. The second-order valence-corrected chi connectivity index (χ2v) is 7.94. The van der Waals surface area contributed by atoms with Gasteiger partial charge in [0, 0.05) is 13.0 Å². The summed E-state index contributed by atoms with van der Waals surface area (Å²) in [5.41, 5.74) is 1.02. The normalized spacial score (nSPS) is 19.8. The Hall–Kier alpha value is -2.40. The van der Waals surface area contributed by atoms with Gasteiger partial charge in [-0.2, -0.15) is 0 Å². The number of hydrogen-bond donors (Lipinski definition) is 0. The van der Waals surface area contributed by atoms with Crippen LogP contribution in [0.4, 0.5) is 0 Å². The molecule has 0 bridgehead atoms. The van der Waals surface area contributed by atoms with E-state index in [1.165, 1.54) is 4.70 Å². The molecule has 1 aromatic carbocycles. The van der Waals surface area contributed by atoms with Gasteiger partial charge in [0.05, 0.1) is 27.7 Å². The van der Waals surface area contributed by atoms with Crippen LogP contribution >= 0.6 is 11.3 Å². The van der Waals surface area contributed by atoms with Gasteiger partial charge in [-0.3, -0.25) is 4.79 Å². The van der Waals surface area contributed by atoms with Crippen LogP contribution in [0.15, 0.2) is 53.0 Å². The first-order chi connectivity index (χ1) is 12.6. The van der Waals surface area contributed by atoms with Crippen molar-refractivity contribution >= 4 is 27.5 Å². The molecule has 0 saturated heterocycles. The van der Waals surface area contributed by atoms with E-state index >= 15 is 0 Å². The third-order valence-corrected chi connectivity index (χ3v) is 6.11. The Bertz CT molecular complexity index is 923. The van der Waals surface area contributed by atoms with Gasteiger partial charge in [-0.1, -0.05) is 24.3 Å². The van der Waals surface area contributed by atoms with Crippen LogP contribution < -0.4 is 0 Å². The number of aromatic nitrogens is 1. The first-order valence-corrected chi connectivity index (χ1v) is 9.74. The summed E-state index contributed by atoms with van der Waals surface area (Å²) in [7, 11) is 1.86. The molecule has 0 saturated carbocycles. The summed E-state index contributed by atoms with van der Waals surface area (Å²) in [6.07, 6.45) is 5.93. The zero-order valence-electron chi connectivity index (χ0n) is 15.0. The quantitative estimate of drug-likeness (QED) is 0.617. The Morgan fingerprint density at radius 3 is 2.81 bits per heavy atom. The molecular formula is C21H22N2O2S. The van der Waals surface area contributed by atoms with E-state index in [0.717, 1.165) is 34.9 Å². The lowest BCUT2D eigenvalue weighted by Crippen LogP contribution is -2.36. The van der Waals surface area contributed by atoms with Crippen LogP contribution in [0.1, 0.15) is 35.3 Å². The maximum atomic E-state index is 13.1. The fourth-order valence-corrected chi connectivity index (χ4v) is 4.72.